The minimum absolute atomic E-state index is 1.06. The summed E-state index contributed by atoms with van der Waals surface area (Å²) in [5, 5.41) is 2.85. The molecule has 1 heterocycles. The maximum absolute atomic E-state index is 11.8. The third kappa shape index (κ3) is 1.41. The maximum Gasteiger partial charge on any atom is 0.269 e. The number of rotatable bonds is 2. The van der Waals surface area contributed by atoms with Crippen molar-refractivity contribution in [2.75, 3.05) is 0 Å². The molecule has 0 fully saturated rings. The Morgan fingerprint density at radius 2 is 1.92 bits per heavy atom. The van der Waals surface area contributed by atoms with Crippen molar-refractivity contribution < 1.29 is 22.4 Å². The van der Waals surface area contributed by atoms with E-state index < -0.39 is 30.2 Å². The molecule has 0 bridgehead atoms. The van der Waals surface area contributed by atoms with Crippen molar-refractivity contribution in [1.82, 2.24) is 5.32 Å². The lowest BCUT2D eigenvalue weighted by atomic mass is 10.1. The van der Waals surface area contributed by atoms with E-state index in [-0.39, 0.29) is 0 Å². The number of hydrogen-bond acceptors (Lipinski definition) is 1. The van der Waals surface area contributed by atoms with Crippen molar-refractivity contribution in [3.05, 3.63) is 11.8 Å². The summed E-state index contributed by atoms with van der Waals surface area (Å²) in [6.07, 6.45) is -4.52. The van der Waals surface area contributed by atoms with Gasteiger partial charge in [-0.25, -0.2) is 17.6 Å². The topological polar surface area (TPSA) is 31.2 Å². The average Bonchev–Trinajstić information content (AvgIpc) is 2.30. The van der Waals surface area contributed by atoms with Gasteiger partial charge in [0.1, 0.15) is 0 Å². The molecule has 1 atom stereocenters. The minimum Gasteiger partial charge on any atom is -0.292 e. The zero-order valence-electron chi connectivity index (χ0n) is 5.60. The number of halogens is 4. The zero-order valence-corrected chi connectivity index (χ0v) is 5.60. The number of alkyl halides is 4. The van der Waals surface area contributed by atoms with Crippen LogP contribution in [0.5, 0.6) is 0 Å². The first kappa shape index (κ1) is 9.02. The lowest BCUT2D eigenvalue weighted by molar-refractivity contribution is -0.120. The van der Waals surface area contributed by atoms with Crippen molar-refractivity contribution in [1.29, 1.82) is 0 Å². The lowest BCUT2D eigenvalue weighted by Crippen LogP contribution is -2.32. The smallest absolute Gasteiger partial charge is 0.269 e. The standard InChI is InChI=1S/C6H3F4NO/c7-5(8)2-1-11-3(4(2)12)6(9)10/h3,5-6H. The van der Waals surface area contributed by atoms with Crippen molar-refractivity contribution in [3.8, 4) is 0 Å². The van der Waals surface area contributed by atoms with E-state index in [9.17, 15) is 22.4 Å². The summed E-state index contributed by atoms with van der Waals surface area (Å²) < 4.78 is 47.2. The van der Waals surface area contributed by atoms with E-state index in [1.807, 2.05) is 0 Å². The Balaban J connectivity index is 2.70. The van der Waals surface area contributed by atoms with Gasteiger partial charge in [0.15, 0.2) is 11.8 Å². The van der Waals surface area contributed by atoms with Crippen LogP contribution < -0.4 is 5.32 Å². The fourth-order valence-electron chi connectivity index (χ4n) is 0.739. The van der Waals surface area contributed by atoms with Crippen LogP contribution in [0.2, 0.25) is 0 Å². The van der Waals surface area contributed by atoms with Crippen LogP contribution in [0.15, 0.2) is 5.57 Å². The molecule has 2 nitrogen and oxygen atoms in total. The second-order valence-corrected chi connectivity index (χ2v) is 2.10. The van der Waals surface area contributed by atoms with Gasteiger partial charge in [0.05, 0.1) is 11.8 Å². The van der Waals surface area contributed by atoms with Gasteiger partial charge >= 0.3 is 0 Å². The van der Waals surface area contributed by atoms with Gasteiger partial charge in [-0.05, 0) is 0 Å². The molecular formula is C6H3F4NO. The maximum atomic E-state index is 11.8. The molecular weight excluding hydrogens is 178 g/mol. The monoisotopic (exact) mass is 181 g/mol. The van der Waals surface area contributed by atoms with Gasteiger partial charge < -0.3 is 0 Å². The molecule has 0 spiro atoms. The SMILES string of the molecule is O=C1C(C(F)F)=[C][N]C1C(F)F. The fourth-order valence-corrected chi connectivity index (χ4v) is 0.739. The molecule has 0 saturated carbocycles. The predicted molar refractivity (Wildman–Crippen MR) is 29.7 cm³/mol. The van der Waals surface area contributed by atoms with Crippen LogP contribution in [-0.4, -0.2) is 24.7 Å². The minimum atomic E-state index is -3.08. The molecule has 0 aromatic heterocycles. The van der Waals surface area contributed by atoms with E-state index in [1.54, 1.807) is 6.20 Å². The molecule has 0 N–H and O–H groups in total. The number of carbonyl (C=O) groups excluding carboxylic acids is 1. The van der Waals surface area contributed by atoms with Crippen LogP contribution in [0.4, 0.5) is 17.6 Å². The number of Topliss-reactive ketones (excluding diaryl/α,β-unsaturated/α-hetero) is 1. The normalized spacial score (nSPS) is 23.3. The van der Waals surface area contributed by atoms with Crippen molar-refractivity contribution in [2.45, 2.75) is 18.9 Å². The Hall–Kier alpha value is -1.07. The Labute approximate surface area is 65.2 Å². The molecule has 1 unspecified atom stereocenters. The summed E-state index contributed by atoms with van der Waals surface area (Å²) in [5.41, 5.74) is -1.06. The van der Waals surface area contributed by atoms with E-state index in [1.165, 1.54) is 0 Å². The van der Waals surface area contributed by atoms with E-state index in [2.05, 4.69) is 5.32 Å². The number of nitrogens with zero attached hydrogens (tertiary/aromatic N) is 1. The first-order valence-corrected chi connectivity index (χ1v) is 2.97. The second-order valence-electron chi connectivity index (χ2n) is 2.10. The summed E-state index contributed by atoms with van der Waals surface area (Å²) in [6.45, 7) is 0. The largest absolute Gasteiger partial charge is 0.292 e. The van der Waals surface area contributed by atoms with Crippen molar-refractivity contribution in [2.24, 2.45) is 0 Å². The lowest BCUT2D eigenvalue weighted by Gasteiger charge is -2.05. The molecule has 12 heavy (non-hydrogen) atoms. The molecule has 1 aliphatic rings. The number of carbonyl (C=O) groups is 1. The summed E-state index contributed by atoms with van der Waals surface area (Å²) in [5.74, 6) is -1.33. The van der Waals surface area contributed by atoms with Gasteiger partial charge in [-0.15, -0.1) is 0 Å². The van der Waals surface area contributed by atoms with Crippen LogP contribution in [0.1, 0.15) is 0 Å². The molecule has 0 amide bonds. The van der Waals surface area contributed by atoms with Crippen LogP contribution in [0.3, 0.4) is 0 Å². The van der Waals surface area contributed by atoms with Crippen LogP contribution in [-0.2, 0) is 4.79 Å². The summed E-state index contributed by atoms with van der Waals surface area (Å²) in [4.78, 5) is 10.6. The summed E-state index contributed by atoms with van der Waals surface area (Å²) in [6, 6.07) is -1.98. The third-order valence-corrected chi connectivity index (χ3v) is 1.32. The summed E-state index contributed by atoms with van der Waals surface area (Å²) in [7, 11) is 0. The average molecular weight is 181 g/mol. The molecule has 2 radical (unpaired) electrons. The quantitative estimate of drug-likeness (QED) is 0.578. The highest BCUT2D eigenvalue weighted by molar-refractivity contribution is 6.01. The Kier molecular flexibility index (Phi) is 2.35. The first-order valence-electron chi connectivity index (χ1n) is 2.97. The van der Waals surface area contributed by atoms with Gasteiger partial charge in [-0.2, -0.15) is 0 Å². The third-order valence-electron chi connectivity index (χ3n) is 1.32. The highest BCUT2D eigenvalue weighted by Crippen LogP contribution is 2.20. The highest BCUT2D eigenvalue weighted by atomic mass is 19.3. The number of hydrogen-bond donors (Lipinski definition) is 0. The highest BCUT2D eigenvalue weighted by Gasteiger charge is 2.39. The van der Waals surface area contributed by atoms with Gasteiger partial charge in [0, 0.05) is 0 Å². The molecule has 1 rings (SSSR count). The van der Waals surface area contributed by atoms with E-state index in [0.717, 1.165) is 0 Å². The molecule has 66 valence electrons. The molecule has 1 aliphatic heterocycles. The molecule has 6 heteroatoms. The van der Waals surface area contributed by atoms with E-state index >= 15 is 0 Å². The van der Waals surface area contributed by atoms with Crippen LogP contribution in [0.25, 0.3) is 0 Å². The van der Waals surface area contributed by atoms with Crippen LogP contribution in [0, 0.1) is 6.20 Å². The van der Waals surface area contributed by atoms with Gasteiger partial charge in [-0.3, -0.25) is 10.1 Å². The van der Waals surface area contributed by atoms with Gasteiger partial charge in [0.2, 0.25) is 0 Å². The van der Waals surface area contributed by atoms with Gasteiger partial charge in [0.25, 0.3) is 12.9 Å². The summed E-state index contributed by atoms with van der Waals surface area (Å²) >= 11 is 0. The number of ketones is 1. The van der Waals surface area contributed by atoms with Crippen LogP contribution >= 0.6 is 0 Å². The fraction of sp³-hybridized carbons (Fsp3) is 0.500. The Morgan fingerprint density at radius 1 is 1.33 bits per heavy atom. The van der Waals surface area contributed by atoms with Crippen molar-refractivity contribution in [3.63, 3.8) is 0 Å². The predicted octanol–water partition coefficient (Wildman–Crippen LogP) is 0.759. The first-order chi connectivity index (χ1) is 5.54. The molecule has 0 aromatic carbocycles. The van der Waals surface area contributed by atoms with E-state index in [4.69, 9.17) is 0 Å². The molecule has 0 aliphatic carbocycles. The Bertz CT molecular complexity index is 226. The second kappa shape index (κ2) is 3.12. The zero-order chi connectivity index (χ0) is 9.30. The van der Waals surface area contributed by atoms with E-state index in [0.29, 0.717) is 0 Å². The molecule has 0 saturated heterocycles. The Morgan fingerprint density at radius 3 is 2.17 bits per heavy atom. The van der Waals surface area contributed by atoms with Crippen molar-refractivity contribution >= 4 is 5.78 Å². The molecule has 0 aromatic rings. The van der Waals surface area contributed by atoms with Gasteiger partial charge in [-0.1, -0.05) is 0 Å².